The summed E-state index contributed by atoms with van der Waals surface area (Å²) in [6.07, 6.45) is 5.00. The Morgan fingerprint density at radius 3 is 2.83 bits per heavy atom. The topological polar surface area (TPSA) is 58.9 Å². The first kappa shape index (κ1) is 21.1. The van der Waals surface area contributed by atoms with E-state index in [1.54, 1.807) is 6.08 Å². The van der Waals surface area contributed by atoms with Crippen molar-refractivity contribution < 1.29 is 14.7 Å². The van der Waals surface area contributed by atoms with Crippen molar-refractivity contribution in [3.8, 4) is 0 Å². The van der Waals surface area contributed by atoms with Crippen molar-refractivity contribution in [2.24, 2.45) is 11.1 Å². The van der Waals surface area contributed by atoms with Crippen molar-refractivity contribution in [1.82, 2.24) is 0 Å². The van der Waals surface area contributed by atoms with Gasteiger partial charge in [-0.15, -0.1) is 0 Å². The lowest BCUT2D eigenvalue weighted by Crippen LogP contribution is -2.26. The van der Waals surface area contributed by atoms with Gasteiger partial charge < -0.3 is 9.94 Å². The zero-order chi connectivity index (χ0) is 17.9. The number of rotatable bonds is 10. The molecule has 0 aromatic heterocycles. The van der Waals surface area contributed by atoms with Crippen LogP contribution in [-0.2, 0) is 9.63 Å². The Balaban J connectivity index is 2.85. The monoisotopic (exact) mass is 373 g/mol. The van der Waals surface area contributed by atoms with Crippen LogP contribution in [0.1, 0.15) is 52.9 Å². The molecule has 6 heteroatoms. The summed E-state index contributed by atoms with van der Waals surface area (Å²) in [5.41, 5.74) is 2.26. The highest BCUT2D eigenvalue weighted by atomic mass is 35.5. The van der Waals surface area contributed by atoms with Gasteiger partial charge in [0.25, 0.3) is 0 Å². The van der Waals surface area contributed by atoms with Crippen LogP contribution in [-0.4, -0.2) is 34.2 Å². The minimum absolute atomic E-state index is 0.0267. The molecule has 1 aliphatic rings. The fourth-order valence-electron chi connectivity index (χ4n) is 2.94. The molecule has 0 bridgehead atoms. The molecule has 4 nitrogen and oxygen atoms in total. The number of carbonyl (C=O) groups is 1. The molecule has 2 atom stereocenters. The molecular formula is C18H28ClNO3S. The van der Waals surface area contributed by atoms with Gasteiger partial charge in [-0.2, -0.15) is 11.8 Å². The van der Waals surface area contributed by atoms with Crippen molar-refractivity contribution in [3.63, 3.8) is 0 Å². The largest absolute Gasteiger partial charge is 0.511 e. The van der Waals surface area contributed by atoms with Gasteiger partial charge in [0.05, 0.1) is 11.3 Å². The lowest BCUT2D eigenvalue weighted by molar-refractivity contribution is -0.116. The van der Waals surface area contributed by atoms with E-state index in [4.69, 9.17) is 16.4 Å². The first-order valence-corrected chi connectivity index (χ1v) is 10.0. The van der Waals surface area contributed by atoms with Crippen LogP contribution in [0.25, 0.3) is 0 Å². The smallest absolute Gasteiger partial charge is 0.168 e. The van der Waals surface area contributed by atoms with E-state index in [9.17, 15) is 9.90 Å². The number of aliphatic hydroxyl groups excluding tert-OH is 1. The quantitative estimate of drug-likeness (QED) is 0.323. The molecule has 0 radical (unpaired) electrons. The van der Waals surface area contributed by atoms with Gasteiger partial charge in [0.2, 0.25) is 0 Å². The zero-order valence-electron chi connectivity index (χ0n) is 14.8. The summed E-state index contributed by atoms with van der Waals surface area (Å²) in [6, 6.07) is 0. The first-order chi connectivity index (χ1) is 11.5. The Bertz CT molecular complexity index is 502. The maximum atomic E-state index is 12.6. The SMILES string of the molecule is CCCC(=NOC/C=C/Cl)C1=C(O)CC(CC(C)SCC)CC1=O. The van der Waals surface area contributed by atoms with Crippen molar-refractivity contribution in [1.29, 1.82) is 0 Å². The van der Waals surface area contributed by atoms with E-state index in [2.05, 4.69) is 19.0 Å². The van der Waals surface area contributed by atoms with Crippen LogP contribution in [0.2, 0.25) is 0 Å². The average Bonchev–Trinajstić information content (AvgIpc) is 2.51. The molecule has 0 aromatic carbocycles. The van der Waals surface area contributed by atoms with Crippen LogP contribution < -0.4 is 0 Å². The summed E-state index contributed by atoms with van der Waals surface area (Å²) >= 11 is 7.33. The molecule has 0 saturated carbocycles. The molecule has 24 heavy (non-hydrogen) atoms. The second-order valence-electron chi connectivity index (χ2n) is 5.97. The maximum absolute atomic E-state index is 12.6. The number of thioether (sulfide) groups is 1. The minimum atomic E-state index is -0.0267. The fraction of sp³-hybridized carbons (Fsp3) is 0.667. The molecule has 0 saturated heterocycles. The third kappa shape index (κ3) is 6.89. The third-order valence-corrected chi connectivity index (χ3v) is 5.12. The molecule has 0 fully saturated rings. The van der Waals surface area contributed by atoms with Gasteiger partial charge in [0.15, 0.2) is 5.78 Å². The van der Waals surface area contributed by atoms with Gasteiger partial charge in [0, 0.05) is 23.6 Å². The number of halogens is 1. The lowest BCUT2D eigenvalue weighted by atomic mass is 9.82. The number of hydrogen-bond donors (Lipinski definition) is 1. The molecule has 0 heterocycles. The molecule has 0 spiro atoms. The summed E-state index contributed by atoms with van der Waals surface area (Å²) in [5, 5.41) is 15.0. The van der Waals surface area contributed by atoms with Gasteiger partial charge in [0.1, 0.15) is 12.4 Å². The number of allylic oxidation sites excluding steroid dienone is 2. The highest BCUT2D eigenvalue weighted by molar-refractivity contribution is 7.99. The second-order valence-corrected chi connectivity index (χ2v) is 7.93. The van der Waals surface area contributed by atoms with Crippen molar-refractivity contribution in [2.75, 3.05) is 12.4 Å². The number of oxime groups is 1. The zero-order valence-corrected chi connectivity index (χ0v) is 16.3. The summed E-state index contributed by atoms with van der Waals surface area (Å²) in [7, 11) is 0. The van der Waals surface area contributed by atoms with E-state index >= 15 is 0 Å². The van der Waals surface area contributed by atoms with Crippen molar-refractivity contribution in [2.45, 2.75) is 58.1 Å². The fourth-order valence-corrected chi connectivity index (χ4v) is 3.99. The molecule has 136 valence electrons. The molecule has 1 rings (SSSR count). The van der Waals surface area contributed by atoms with Crippen LogP contribution in [0.3, 0.4) is 0 Å². The number of ketones is 1. The molecule has 0 aromatic rings. The van der Waals surface area contributed by atoms with Crippen LogP contribution in [0.5, 0.6) is 0 Å². The summed E-state index contributed by atoms with van der Waals surface area (Å²) < 4.78 is 0. The lowest BCUT2D eigenvalue weighted by Gasteiger charge is -2.25. The Morgan fingerprint density at radius 1 is 1.50 bits per heavy atom. The Kier molecular flexibility index (Phi) is 10.2. The van der Waals surface area contributed by atoms with E-state index in [1.807, 2.05) is 18.7 Å². The van der Waals surface area contributed by atoms with Crippen molar-refractivity contribution >= 4 is 34.9 Å². The molecule has 0 aliphatic heterocycles. The number of nitrogens with zero attached hydrogens (tertiary/aromatic N) is 1. The number of aliphatic hydroxyl groups is 1. The van der Waals surface area contributed by atoms with Gasteiger partial charge in [-0.05, 0) is 30.6 Å². The predicted molar refractivity (Wildman–Crippen MR) is 103 cm³/mol. The van der Waals surface area contributed by atoms with Gasteiger partial charge in [-0.3, -0.25) is 4.79 Å². The van der Waals surface area contributed by atoms with Crippen LogP contribution in [0.15, 0.2) is 28.1 Å². The van der Waals surface area contributed by atoms with Gasteiger partial charge in [-0.1, -0.05) is 43.9 Å². The first-order valence-electron chi connectivity index (χ1n) is 8.54. The standard InChI is InChI=1S/C18H28ClNO3S/c1-4-7-15(20-23-9-6-8-19)18-16(21)11-14(12-17(18)22)10-13(3)24-5-2/h6,8,13-14,21H,4-5,7,9-12H2,1-3H3/b8-6+,20-15?. The Labute approximate surface area is 154 Å². The predicted octanol–water partition coefficient (Wildman–Crippen LogP) is 5.23. The highest BCUT2D eigenvalue weighted by Gasteiger charge is 2.31. The molecule has 1 N–H and O–H groups in total. The third-order valence-electron chi connectivity index (χ3n) is 3.85. The van der Waals surface area contributed by atoms with E-state index in [0.717, 1.165) is 18.6 Å². The van der Waals surface area contributed by atoms with E-state index in [0.29, 0.717) is 35.8 Å². The average molecular weight is 374 g/mol. The van der Waals surface area contributed by atoms with E-state index < -0.39 is 0 Å². The van der Waals surface area contributed by atoms with E-state index in [-0.39, 0.29) is 24.1 Å². The maximum Gasteiger partial charge on any atom is 0.168 e. The van der Waals surface area contributed by atoms with Crippen LogP contribution in [0.4, 0.5) is 0 Å². The number of hydrogen-bond acceptors (Lipinski definition) is 5. The normalized spacial score (nSPS) is 20.8. The second kappa shape index (κ2) is 11.6. The van der Waals surface area contributed by atoms with E-state index in [1.165, 1.54) is 5.54 Å². The Morgan fingerprint density at radius 2 is 2.25 bits per heavy atom. The van der Waals surface area contributed by atoms with Crippen molar-refractivity contribution in [3.05, 3.63) is 22.9 Å². The summed E-state index contributed by atoms with van der Waals surface area (Å²) in [6.45, 7) is 6.56. The molecule has 0 amide bonds. The van der Waals surface area contributed by atoms with Gasteiger partial charge in [-0.25, -0.2) is 0 Å². The number of Topliss-reactive ketones (excluding diaryl/α,β-unsaturated/α-hetero) is 1. The summed E-state index contributed by atoms with van der Waals surface area (Å²) in [5.74, 6) is 1.41. The minimum Gasteiger partial charge on any atom is -0.511 e. The summed E-state index contributed by atoms with van der Waals surface area (Å²) in [4.78, 5) is 17.7. The number of carbonyl (C=O) groups excluding carboxylic acids is 1. The molecule has 2 unspecified atom stereocenters. The highest BCUT2D eigenvalue weighted by Crippen LogP contribution is 2.32. The van der Waals surface area contributed by atoms with Gasteiger partial charge >= 0.3 is 0 Å². The molecular weight excluding hydrogens is 346 g/mol. The van der Waals surface area contributed by atoms with Crippen LogP contribution >= 0.6 is 23.4 Å². The molecule has 1 aliphatic carbocycles. The Hall–Kier alpha value is -0.940. The van der Waals surface area contributed by atoms with Crippen LogP contribution in [0, 0.1) is 5.92 Å².